The van der Waals surface area contributed by atoms with Crippen molar-refractivity contribution in [2.24, 2.45) is 0 Å². The lowest BCUT2D eigenvalue weighted by Gasteiger charge is -2.24. The van der Waals surface area contributed by atoms with Crippen LogP contribution in [0.25, 0.3) is 0 Å². The number of nitro benzene ring substituents is 1. The maximum atomic E-state index is 13.0. The summed E-state index contributed by atoms with van der Waals surface area (Å²) < 4.78 is 38.9. The number of anilines is 1. The molecule has 0 bridgehead atoms. The number of benzene rings is 1. The smallest absolute Gasteiger partial charge is 0.388 e. The Labute approximate surface area is 118 Å². The number of nitrogens with one attached hydrogen (secondary N) is 1. The SMILES string of the molecule is O=[N+]([O-])c1ccc(NCC2(O)CCCC2)c(C(F)(F)F)c1. The number of alkyl halides is 3. The highest BCUT2D eigenvalue weighted by Crippen LogP contribution is 2.38. The van der Waals surface area contributed by atoms with E-state index in [1.165, 1.54) is 0 Å². The molecule has 1 aliphatic rings. The fourth-order valence-corrected chi connectivity index (χ4v) is 2.50. The first-order valence-corrected chi connectivity index (χ1v) is 6.53. The van der Waals surface area contributed by atoms with Crippen LogP contribution in [-0.2, 0) is 6.18 Å². The Morgan fingerprint density at radius 1 is 1.33 bits per heavy atom. The Balaban J connectivity index is 2.23. The zero-order valence-electron chi connectivity index (χ0n) is 11.1. The summed E-state index contributed by atoms with van der Waals surface area (Å²) in [6.07, 6.45) is -1.95. The van der Waals surface area contributed by atoms with Crippen molar-refractivity contribution >= 4 is 11.4 Å². The maximum Gasteiger partial charge on any atom is 0.418 e. The Hall–Kier alpha value is -1.83. The van der Waals surface area contributed by atoms with Crippen molar-refractivity contribution in [3.8, 4) is 0 Å². The third kappa shape index (κ3) is 3.63. The summed E-state index contributed by atoms with van der Waals surface area (Å²) in [5, 5.41) is 23.3. The van der Waals surface area contributed by atoms with Gasteiger partial charge >= 0.3 is 6.18 Å². The molecular formula is C13H15F3N2O3. The summed E-state index contributed by atoms with van der Waals surface area (Å²) in [5.41, 5.74) is -2.98. The predicted octanol–water partition coefficient (Wildman–Crippen LogP) is 3.33. The molecule has 0 aromatic heterocycles. The lowest BCUT2D eigenvalue weighted by atomic mass is 10.0. The molecular weight excluding hydrogens is 289 g/mol. The van der Waals surface area contributed by atoms with Crippen LogP contribution >= 0.6 is 0 Å². The second-order valence-corrected chi connectivity index (χ2v) is 5.27. The van der Waals surface area contributed by atoms with E-state index in [0.29, 0.717) is 18.9 Å². The van der Waals surface area contributed by atoms with Gasteiger partial charge in [0, 0.05) is 24.4 Å². The van der Waals surface area contributed by atoms with Gasteiger partial charge in [-0.3, -0.25) is 10.1 Å². The largest absolute Gasteiger partial charge is 0.418 e. The highest BCUT2D eigenvalue weighted by Gasteiger charge is 2.36. The van der Waals surface area contributed by atoms with E-state index in [2.05, 4.69) is 5.32 Å². The van der Waals surface area contributed by atoms with Crippen molar-refractivity contribution in [3.05, 3.63) is 33.9 Å². The number of hydrogen-bond acceptors (Lipinski definition) is 4. The van der Waals surface area contributed by atoms with Crippen LogP contribution in [-0.4, -0.2) is 22.2 Å². The standard InChI is InChI=1S/C13H15F3N2O3/c14-13(15,16)10-7-9(18(20)21)3-4-11(10)17-8-12(19)5-1-2-6-12/h3-4,7,17,19H,1-2,5-6,8H2. The van der Waals surface area contributed by atoms with Crippen molar-refractivity contribution in [2.75, 3.05) is 11.9 Å². The molecule has 21 heavy (non-hydrogen) atoms. The molecule has 1 saturated carbocycles. The van der Waals surface area contributed by atoms with Gasteiger partial charge in [0.2, 0.25) is 0 Å². The third-order valence-electron chi connectivity index (χ3n) is 3.66. The van der Waals surface area contributed by atoms with E-state index >= 15 is 0 Å². The average Bonchev–Trinajstić information content (AvgIpc) is 2.82. The first-order valence-electron chi connectivity index (χ1n) is 6.53. The van der Waals surface area contributed by atoms with Crippen molar-refractivity contribution in [1.82, 2.24) is 0 Å². The zero-order chi connectivity index (χ0) is 15.7. The topological polar surface area (TPSA) is 75.4 Å². The Morgan fingerprint density at radius 3 is 2.48 bits per heavy atom. The van der Waals surface area contributed by atoms with E-state index < -0.39 is 28.0 Å². The Bertz CT molecular complexity index is 540. The van der Waals surface area contributed by atoms with Crippen LogP contribution in [0.1, 0.15) is 31.2 Å². The lowest BCUT2D eigenvalue weighted by Crippen LogP contribution is -2.34. The Kier molecular flexibility index (Phi) is 4.08. The summed E-state index contributed by atoms with van der Waals surface area (Å²) in [5.74, 6) is 0. The van der Waals surface area contributed by atoms with E-state index in [4.69, 9.17) is 0 Å². The molecule has 0 radical (unpaired) electrons. The molecule has 0 atom stereocenters. The van der Waals surface area contributed by atoms with Gasteiger partial charge in [-0.15, -0.1) is 0 Å². The predicted molar refractivity (Wildman–Crippen MR) is 70.0 cm³/mol. The van der Waals surface area contributed by atoms with E-state index in [1.54, 1.807) is 0 Å². The molecule has 0 aliphatic heterocycles. The summed E-state index contributed by atoms with van der Waals surface area (Å²) in [6, 6.07) is 2.54. The molecule has 1 aromatic carbocycles. The molecule has 1 aromatic rings. The van der Waals surface area contributed by atoms with E-state index in [0.717, 1.165) is 25.0 Å². The van der Waals surface area contributed by atoms with Crippen LogP contribution in [0.2, 0.25) is 0 Å². The minimum atomic E-state index is -4.70. The molecule has 1 fully saturated rings. The first kappa shape index (κ1) is 15.6. The maximum absolute atomic E-state index is 13.0. The molecule has 0 amide bonds. The first-order chi connectivity index (χ1) is 9.71. The highest BCUT2D eigenvalue weighted by atomic mass is 19.4. The fraction of sp³-hybridized carbons (Fsp3) is 0.538. The molecule has 0 saturated heterocycles. The third-order valence-corrected chi connectivity index (χ3v) is 3.66. The van der Waals surface area contributed by atoms with Crippen LogP contribution in [0, 0.1) is 10.1 Å². The average molecular weight is 304 g/mol. The van der Waals surface area contributed by atoms with Crippen LogP contribution in [0.3, 0.4) is 0 Å². The fourth-order valence-electron chi connectivity index (χ4n) is 2.50. The molecule has 0 unspecified atom stereocenters. The molecule has 2 rings (SSSR count). The summed E-state index contributed by atoms with van der Waals surface area (Å²) in [7, 11) is 0. The van der Waals surface area contributed by atoms with Gasteiger partial charge in [-0.25, -0.2) is 0 Å². The van der Waals surface area contributed by atoms with Crippen LogP contribution in [0.5, 0.6) is 0 Å². The number of nitrogens with zero attached hydrogens (tertiary/aromatic N) is 1. The lowest BCUT2D eigenvalue weighted by molar-refractivity contribution is -0.385. The van der Waals surface area contributed by atoms with E-state index in [9.17, 15) is 28.4 Å². The van der Waals surface area contributed by atoms with Gasteiger partial charge < -0.3 is 10.4 Å². The van der Waals surface area contributed by atoms with E-state index in [1.807, 2.05) is 0 Å². The van der Waals surface area contributed by atoms with Crippen LogP contribution in [0.15, 0.2) is 18.2 Å². The van der Waals surface area contributed by atoms with Crippen LogP contribution in [0.4, 0.5) is 24.5 Å². The second kappa shape index (κ2) is 5.51. The van der Waals surface area contributed by atoms with Crippen molar-refractivity contribution in [2.45, 2.75) is 37.5 Å². The van der Waals surface area contributed by atoms with Gasteiger partial charge in [-0.1, -0.05) is 12.8 Å². The van der Waals surface area contributed by atoms with Crippen LogP contribution < -0.4 is 5.32 Å². The number of nitro groups is 1. The number of non-ortho nitro benzene ring substituents is 1. The minimum absolute atomic E-state index is 0.00606. The van der Waals surface area contributed by atoms with Gasteiger partial charge in [-0.2, -0.15) is 13.2 Å². The van der Waals surface area contributed by atoms with E-state index in [-0.39, 0.29) is 12.2 Å². The molecule has 8 heteroatoms. The number of rotatable bonds is 4. The zero-order valence-corrected chi connectivity index (χ0v) is 11.1. The second-order valence-electron chi connectivity index (χ2n) is 5.27. The normalized spacial score (nSPS) is 17.7. The summed E-state index contributed by atoms with van der Waals surface area (Å²) in [4.78, 5) is 9.72. The van der Waals surface area contributed by atoms with Gasteiger partial charge in [0.1, 0.15) is 0 Å². The van der Waals surface area contributed by atoms with Gasteiger partial charge in [-0.05, 0) is 18.9 Å². The monoisotopic (exact) mass is 304 g/mol. The van der Waals surface area contributed by atoms with Crippen molar-refractivity contribution in [3.63, 3.8) is 0 Å². The molecule has 116 valence electrons. The molecule has 0 heterocycles. The Morgan fingerprint density at radius 2 is 1.95 bits per heavy atom. The molecule has 1 aliphatic carbocycles. The number of halogens is 3. The quantitative estimate of drug-likeness (QED) is 0.661. The number of aliphatic hydroxyl groups is 1. The van der Waals surface area contributed by atoms with Crippen molar-refractivity contribution < 1.29 is 23.2 Å². The molecule has 0 spiro atoms. The van der Waals surface area contributed by atoms with Gasteiger partial charge in [0.15, 0.2) is 0 Å². The molecule has 2 N–H and O–H groups in total. The molecule has 5 nitrogen and oxygen atoms in total. The summed E-state index contributed by atoms with van der Waals surface area (Å²) >= 11 is 0. The number of hydrogen-bond donors (Lipinski definition) is 2. The van der Waals surface area contributed by atoms with Crippen molar-refractivity contribution in [1.29, 1.82) is 0 Å². The van der Waals surface area contributed by atoms with Gasteiger partial charge in [0.25, 0.3) is 5.69 Å². The van der Waals surface area contributed by atoms with Gasteiger partial charge in [0.05, 0.1) is 16.1 Å². The minimum Gasteiger partial charge on any atom is -0.388 e. The highest BCUT2D eigenvalue weighted by molar-refractivity contribution is 5.57. The summed E-state index contributed by atoms with van der Waals surface area (Å²) in [6.45, 7) is -0.00606.